The highest BCUT2D eigenvalue weighted by Gasteiger charge is 2.39. The number of hydrogen-bond acceptors (Lipinski definition) is 7. The number of primary amides is 1. The van der Waals surface area contributed by atoms with Crippen LogP contribution in [0, 0.1) is 0 Å². The van der Waals surface area contributed by atoms with Crippen molar-refractivity contribution in [3.05, 3.63) is 0 Å². The molecule has 0 aromatic heterocycles. The Kier molecular flexibility index (Phi) is 9.31. The van der Waals surface area contributed by atoms with E-state index >= 15 is 0 Å². The fourth-order valence-electron chi connectivity index (χ4n) is 2.53. The van der Waals surface area contributed by atoms with Gasteiger partial charge in [0.15, 0.2) is 6.29 Å². The van der Waals surface area contributed by atoms with E-state index in [4.69, 9.17) is 29.8 Å². The van der Waals surface area contributed by atoms with Crippen molar-refractivity contribution in [2.24, 2.45) is 5.73 Å². The molecule has 0 radical (unpaired) electrons. The first-order chi connectivity index (χ1) is 12.2. The number of aliphatic carboxylic acids is 1. The fourth-order valence-corrected chi connectivity index (χ4v) is 2.53. The van der Waals surface area contributed by atoms with Crippen molar-refractivity contribution >= 4 is 18.0 Å². The zero-order valence-electron chi connectivity index (χ0n) is 15.3. The van der Waals surface area contributed by atoms with Gasteiger partial charge in [0.1, 0.15) is 12.2 Å². The smallest absolute Gasteiger partial charge is 0.312 e. The third kappa shape index (κ3) is 7.98. The van der Waals surface area contributed by atoms with Crippen LogP contribution in [0.5, 0.6) is 0 Å². The maximum Gasteiger partial charge on any atom is 0.312 e. The molecule has 0 spiro atoms. The number of urea groups is 1. The zero-order chi connectivity index (χ0) is 19.7. The predicted octanol–water partition coefficient (Wildman–Crippen LogP) is 0.376. The van der Waals surface area contributed by atoms with E-state index in [0.29, 0.717) is 12.8 Å². The highest BCUT2D eigenvalue weighted by Crippen LogP contribution is 2.27. The number of nitrogens with two attached hydrogens (primary N) is 1. The minimum absolute atomic E-state index is 0.000660. The highest BCUT2D eigenvalue weighted by atomic mass is 16.7. The van der Waals surface area contributed by atoms with Gasteiger partial charge in [-0.2, -0.15) is 0 Å². The number of carbonyl (C=O) groups excluding carboxylic acids is 2. The lowest BCUT2D eigenvalue weighted by Crippen LogP contribution is -2.50. The van der Waals surface area contributed by atoms with Crippen molar-refractivity contribution in [2.45, 2.75) is 70.2 Å². The molecular weight excluding hydrogens is 348 g/mol. The molecule has 0 aliphatic carbocycles. The maximum atomic E-state index is 11.8. The third-order valence-corrected chi connectivity index (χ3v) is 3.99. The number of ether oxygens (including phenoxy) is 4. The van der Waals surface area contributed by atoms with Crippen molar-refractivity contribution in [1.82, 2.24) is 5.32 Å². The molecule has 10 nitrogen and oxygen atoms in total. The number of rotatable bonds is 10. The molecule has 2 amide bonds. The highest BCUT2D eigenvalue weighted by molar-refractivity contribution is 5.73. The van der Waals surface area contributed by atoms with Crippen molar-refractivity contribution in [3.8, 4) is 0 Å². The van der Waals surface area contributed by atoms with E-state index in [1.807, 2.05) is 0 Å². The summed E-state index contributed by atoms with van der Waals surface area (Å²) in [5, 5.41) is 11.0. The molecule has 0 bridgehead atoms. The topological polar surface area (TPSA) is 146 Å². The molecular formula is C16H28N2O8. The van der Waals surface area contributed by atoms with Crippen molar-refractivity contribution in [1.29, 1.82) is 0 Å². The van der Waals surface area contributed by atoms with Gasteiger partial charge in [-0.1, -0.05) is 0 Å². The summed E-state index contributed by atoms with van der Waals surface area (Å²) in [6.45, 7) is 3.61. The van der Waals surface area contributed by atoms with Gasteiger partial charge in [0, 0.05) is 26.5 Å². The Morgan fingerprint density at radius 2 is 2.00 bits per heavy atom. The summed E-state index contributed by atoms with van der Waals surface area (Å²) in [7, 11) is 1.50. The summed E-state index contributed by atoms with van der Waals surface area (Å²) in [6, 6.07) is -0.705. The molecule has 1 rings (SSSR count). The minimum atomic E-state index is -0.889. The second kappa shape index (κ2) is 10.9. The molecule has 4 unspecified atom stereocenters. The van der Waals surface area contributed by atoms with E-state index in [1.54, 1.807) is 13.8 Å². The van der Waals surface area contributed by atoms with Gasteiger partial charge in [0.05, 0.1) is 18.6 Å². The fraction of sp³-hybridized carbons (Fsp3) is 0.812. The Bertz CT molecular complexity index is 487. The van der Waals surface area contributed by atoms with Crippen molar-refractivity contribution in [2.75, 3.05) is 13.7 Å². The Hall–Kier alpha value is -1.91. The Morgan fingerprint density at radius 1 is 1.31 bits per heavy atom. The molecule has 150 valence electrons. The standard InChI is InChI=1S/C16H28N2O8/c1-9(4-5-13(19)20)24-15-12(23-3)8-11(10(2)25-15)26-14(21)6-7-18-16(17)22/h9-12,15H,4-8H2,1-3H3,(H,19,20)(H3,17,18,22)/t9-,10?,11?,12?,15?/m1/s1. The summed E-state index contributed by atoms with van der Waals surface area (Å²) in [5.74, 6) is -1.37. The quantitative estimate of drug-likeness (QED) is 0.464. The molecule has 1 heterocycles. The summed E-state index contributed by atoms with van der Waals surface area (Å²) in [4.78, 5) is 33.1. The maximum absolute atomic E-state index is 11.8. The molecule has 26 heavy (non-hydrogen) atoms. The van der Waals surface area contributed by atoms with Gasteiger partial charge in [-0.3, -0.25) is 9.59 Å². The lowest BCUT2D eigenvalue weighted by molar-refractivity contribution is -0.280. The van der Waals surface area contributed by atoms with E-state index in [9.17, 15) is 14.4 Å². The van der Waals surface area contributed by atoms with Gasteiger partial charge in [-0.15, -0.1) is 0 Å². The molecule has 4 N–H and O–H groups in total. The molecule has 1 fully saturated rings. The number of esters is 1. The number of carboxylic acids is 1. The molecule has 1 saturated heterocycles. The van der Waals surface area contributed by atoms with Crippen LogP contribution in [-0.2, 0) is 28.5 Å². The molecule has 1 aliphatic rings. The average Bonchev–Trinajstić information content (AvgIpc) is 2.55. The van der Waals surface area contributed by atoms with Crippen LogP contribution in [0.4, 0.5) is 4.79 Å². The van der Waals surface area contributed by atoms with E-state index < -0.39 is 42.6 Å². The minimum Gasteiger partial charge on any atom is -0.481 e. The lowest BCUT2D eigenvalue weighted by Gasteiger charge is -2.39. The number of carboxylic acid groups (broad SMARTS) is 1. The summed E-state index contributed by atoms with van der Waals surface area (Å²) >= 11 is 0. The van der Waals surface area contributed by atoms with Crippen LogP contribution >= 0.6 is 0 Å². The Morgan fingerprint density at radius 3 is 2.58 bits per heavy atom. The monoisotopic (exact) mass is 376 g/mol. The zero-order valence-corrected chi connectivity index (χ0v) is 15.3. The van der Waals surface area contributed by atoms with Crippen LogP contribution in [-0.4, -0.2) is 67.4 Å². The molecule has 1 aliphatic heterocycles. The number of hydrogen-bond donors (Lipinski definition) is 3. The van der Waals surface area contributed by atoms with Gasteiger partial charge >= 0.3 is 18.0 Å². The second-order valence-corrected chi connectivity index (χ2v) is 6.17. The molecule has 10 heteroatoms. The van der Waals surface area contributed by atoms with Crippen molar-refractivity contribution in [3.63, 3.8) is 0 Å². The van der Waals surface area contributed by atoms with Gasteiger partial charge in [-0.05, 0) is 20.3 Å². The molecule has 0 aromatic carbocycles. The SMILES string of the molecule is COC1CC(OC(=O)CCNC(N)=O)C(C)OC1O[C@H](C)CCC(=O)O. The van der Waals surface area contributed by atoms with Crippen LogP contribution in [0.25, 0.3) is 0 Å². The van der Waals surface area contributed by atoms with Gasteiger partial charge < -0.3 is 35.1 Å². The first-order valence-electron chi connectivity index (χ1n) is 8.51. The van der Waals surface area contributed by atoms with E-state index in [2.05, 4.69) is 5.32 Å². The van der Waals surface area contributed by atoms with Crippen LogP contribution in [0.1, 0.15) is 39.5 Å². The van der Waals surface area contributed by atoms with E-state index in [0.717, 1.165) is 0 Å². The normalized spacial score (nSPS) is 26.7. The molecule has 0 aromatic rings. The van der Waals surface area contributed by atoms with Crippen LogP contribution < -0.4 is 11.1 Å². The summed E-state index contributed by atoms with van der Waals surface area (Å²) in [6.07, 6.45) is -1.67. The first kappa shape index (κ1) is 22.1. The van der Waals surface area contributed by atoms with E-state index in [-0.39, 0.29) is 25.5 Å². The summed E-state index contributed by atoms with van der Waals surface area (Å²) < 4.78 is 22.3. The number of carbonyl (C=O) groups is 3. The van der Waals surface area contributed by atoms with Gasteiger partial charge in [0.2, 0.25) is 0 Å². The summed E-state index contributed by atoms with van der Waals surface area (Å²) in [5.41, 5.74) is 4.93. The Balaban J connectivity index is 2.49. The van der Waals surface area contributed by atoms with Crippen LogP contribution in [0.2, 0.25) is 0 Å². The predicted molar refractivity (Wildman–Crippen MR) is 89.2 cm³/mol. The largest absolute Gasteiger partial charge is 0.481 e. The number of amides is 2. The average molecular weight is 376 g/mol. The van der Waals surface area contributed by atoms with Gasteiger partial charge in [0.25, 0.3) is 0 Å². The second-order valence-electron chi connectivity index (χ2n) is 6.17. The van der Waals surface area contributed by atoms with Crippen molar-refractivity contribution < 1.29 is 38.4 Å². The Labute approximate surface area is 152 Å². The first-order valence-corrected chi connectivity index (χ1v) is 8.51. The van der Waals surface area contributed by atoms with Crippen LogP contribution in [0.15, 0.2) is 0 Å². The number of methoxy groups -OCH3 is 1. The third-order valence-electron chi connectivity index (χ3n) is 3.99. The van der Waals surface area contributed by atoms with Crippen LogP contribution in [0.3, 0.4) is 0 Å². The molecule has 5 atom stereocenters. The number of nitrogens with one attached hydrogen (secondary N) is 1. The van der Waals surface area contributed by atoms with E-state index in [1.165, 1.54) is 7.11 Å². The molecule has 0 saturated carbocycles. The lowest BCUT2D eigenvalue weighted by atomic mass is 10.0. The van der Waals surface area contributed by atoms with Gasteiger partial charge in [-0.25, -0.2) is 4.79 Å².